The monoisotopic (exact) mass is 297 g/mol. The van der Waals surface area contributed by atoms with E-state index in [1.807, 2.05) is 0 Å². The molecular formula is C14H17F2N3O2. The van der Waals surface area contributed by atoms with Crippen LogP contribution < -0.4 is 11.1 Å². The zero-order valence-corrected chi connectivity index (χ0v) is 11.4. The quantitative estimate of drug-likeness (QED) is 0.346. The van der Waals surface area contributed by atoms with Crippen molar-refractivity contribution in [1.82, 2.24) is 5.32 Å². The smallest absolute Gasteiger partial charge is 0.252 e. The van der Waals surface area contributed by atoms with E-state index in [0.717, 1.165) is 31.4 Å². The molecular weight excluding hydrogens is 280 g/mol. The lowest BCUT2D eigenvalue weighted by atomic mass is 9.80. The van der Waals surface area contributed by atoms with E-state index in [1.54, 1.807) is 0 Å². The van der Waals surface area contributed by atoms with E-state index in [9.17, 15) is 13.6 Å². The molecule has 114 valence electrons. The van der Waals surface area contributed by atoms with Crippen molar-refractivity contribution in [2.24, 2.45) is 10.9 Å². The molecule has 1 fully saturated rings. The maximum atomic E-state index is 13.2. The van der Waals surface area contributed by atoms with Crippen molar-refractivity contribution in [2.75, 3.05) is 0 Å². The molecule has 1 aliphatic rings. The average Bonchev–Trinajstić information content (AvgIpc) is 2.46. The molecule has 0 aliphatic heterocycles. The summed E-state index contributed by atoms with van der Waals surface area (Å²) in [6.07, 6.45) is 3.66. The Morgan fingerprint density at radius 3 is 2.29 bits per heavy atom. The van der Waals surface area contributed by atoms with Gasteiger partial charge in [0.25, 0.3) is 5.91 Å². The fourth-order valence-corrected chi connectivity index (χ4v) is 2.67. The molecule has 1 amide bonds. The number of carbonyl (C=O) groups excluding carboxylic acids is 1. The Hall–Kier alpha value is -2.18. The third kappa shape index (κ3) is 3.29. The van der Waals surface area contributed by atoms with E-state index >= 15 is 0 Å². The standard InChI is InChI=1S/C14H17F2N3O2/c15-10-6-9(7-11(16)8-10)12(20)18-14(13(17)19-21)4-2-1-3-5-14/h6-8,21H,1-5H2,(H2,17,19)(H,18,20). The van der Waals surface area contributed by atoms with Crippen LogP contribution in [0.3, 0.4) is 0 Å². The van der Waals surface area contributed by atoms with Crippen molar-refractivity contribution in [2.45, 2.75) is 37.6 Å². The molecule has 0 saturated heterocycles. The van der Waals surface area contributed by atoms with Crippen LogP contribution in [0, 0.1) is 11.6 Å². The van der Waals surface area contributed by atoms with E-state index in [-0.39, 0.29) is 11.4 Å². The van der Waals surface area contributed by atoms with Gasteiger partial charge in [-0.3, -0.25) is 4.79 Å². The summed E-state index contributed by atoms with van der Waals surface area (Å²) < 4.78 is 26.4. The Morgan fingerprint density at radius 2 is 1.76 bits per heavy atom. The van der Waals surface area contributed by atoms with E-state index in [4.69, 9.17) is 10.9 Å². The second-order valence-corrected chi connectivity index (χ2v) is 5.24. The van der Waals surface area contributed by atoms with Crippen LogP contribution in [-0.4, -0.2) is 22.5 Å². The van der Waals surface area contributed by atoms with Gasteiger partial charge in [-0.25, -0.2) is 8.78 Å². The predicted molar refractivity (Wildman–Crippen MR) is 73.0 cm³/mol. The number of nitrogens with one attached hydrogen (secondary N) is 1. The lowest BCUT2D eigenvalue weighted by Gasteiger charge is -2.36. The average molecular weight is 297 g/mol. The molecule has 7 heteroatoms. The minimum Gasteiger partial charge on any atom is -0.409 e. The molecule has 5 nitrogen and oxygen atoms in total. The van der Waals surface area contributed by atoms with Crippen LogP contribution in [0.2, 0.25) is 0 Å². The molecule has 2 rings (SSSR count). The molecule has 0 atom stereocenters. The minimum absolute atomic E-state index is 0.0903. The van der Waals surface area contributed by atoms with Crippen molar-refractivity contribution in [3.63, 3.8) is 0 Å². The van der Waals surface area contributed by atoms with Gasteiger partial charge in [-0.05, 0) is 25.0 Å². The minimum atomic E-state index is -0.965. The van der Waals surface area contributed by atoms with Gasteiger partial charge in [0.05, 0.1) is 0 Å². The summed E-state index contributed by atoms with van der Waals surface area (Å²) in [7, 11) is 0. The molecule has 0 aromatic heterocycles. The molecule has 1 aromatic carbocycles. The van der Waals surface area contributed by atoms with E-state index < -0.39 is 23.1 Å². The maximum absolute atomic E-state index is 13.2. The molecule has 0 spiro atoms. The van der Waals surface area contributed by atoms with Gasteiger partial charge >= 0.3 is 0 Å². The number of carbonyl (C=O) groups is 1. The second-order valence-electron chi connectivity index (χ2n) is 5.24. The summed E-state index contributed by atoms with van der Waals surface area (Å²) in [5, 5.41) is 14.6. The molecule has 0 unspecified atom stereocenters. The third-order valence-corrected chi connectivity index (χ3v) is 3.78. The summed E-state index contributed by atoms with van der Waals surface area (Å²) in [6.45, 7) is 0. The first-order chi connectivity index (χ1) is 9.97. The predicted octanol–water partition coefficient (Wildman–Crippen LogP) is 2.14. The molecule has 0 heterocycles. The molecule has 1 saturated carbocycles. The molecule has 0 radical (unpaired) electrons. The fourth-order valence-electron chi connectivity index (χ4n) is 2.67. The third-order valence-electron chi connectivity index (χ3n) is 3.78. The van der Waals surface area contributed by atoms with Gasteiger partial charge < -0.3 is 16.3 Å². The van der Waals surface area contributed by atoms with Gasteiger partial charge in [0.15, 0.2) is 5.84 Å². The SMILES string of the molecule is N/C(=N/O)C1(NC(=O)c2cc(F)cc(F)c2)CCCCC1. The van der Waals surface area contributed by atoms with Gasteiger partial charge in [-0.15, -0.1) is 0 Å². The lowest BCUT2D eigenvalue weighted by Crippen LogP contribution is -2.58. The van der Waals surface area contributed by atoms with Gasteiger partial charge in [0.2, 0.25) is 0 Å². The lowest BCUT2D eigenvalue weighted by molar-refractivity contribution is 0.0904. The highest BCUT2D eigenvalue weighted by atomic mass is 19.1. The molecule has 4 N–H and O–H groups in total. The van der Waals surface area contributed by atoms with Crippen LogP contribution in [0.15, 0.2) is 23.4 Å². The first-order valence-electron chi connectivity index (χ1n) is 6.73. The van der Waals surface area contributed by atoms with Crippen LogP contribution in [0.5, 0.6) is 0 Å². The van der Waals surface area contributed by atoms with E-state index in [0.29, 0.717) is 18.9 Å². The number of rotatable bonds is 3. The van der Waals surface area contributed by atoms with Gasteiger partial charge in [0.1, 0.15) is 17.2 Å². The zero-order valence-electron chi connectivity index (χ0n) is 11.4. The van der Waals surface area contributed by atoms with Crippen LogP contribution in [0.25, 0.3) is 0 Å². The Balaban J connectivity index is 2.26. The number of hydrogen-bond donors (Lipinski definition) is 3. The van der Waals surface area contributed by atoms with Crippen molar-refractivity contribution in [3.05, 3.63) is 35.4 Å². The number of hydrogen-bond acceptors (Lipinski definition) is 3. The number of halogens is 2. The van der Waals surface area contributed by atoms with Crippen LogP contribution >= 0.6 is 0 Å². The number of nitrogens with two attached hydrogens (primary N) is 1. The highest BCUT2D eigenvalue weighted by Crippen LogP contribution is 2.29. The highest BCUT2D eigenvalue weighted by molar-refractivity contribution is 6.00. The Kier molecular flexibility index (Phi) is 4.40. The van der Waals surface area contributed by atoms with Crippen molar-refractivity contribution < 1.29 is 18.8 Å². The van der Waals surface area contributed by atoms with Crippen LogP contribution in [-0.2, 0) is 0 Å². The molecule has 0 bridgehead atoms. The number of amides is 1. The summed E-state index contributed by atoms with van der Waals surface area (Å²) in [4.78, 5) is 12.2. The molecule has 1 aliphatic carbocycles. The summed E-state index contributed by atoms with van der Waals surface area (Å²) in [6, 6.07) is 2.58. The number of nitrogens with zero attached hydrogens (tertiary/aromatic N) is 1. The fraction of sp³-hybridized carbons (Fsp3) is 0.429. The van der Waals surface area contributed by atoms with Gasteiger partial charge in [-0.1, -0.05) is 24.4 Å². The number of oxime groups is 1. The Morgan fingerprint density at radius 1 is 1.19 bits per heavy atom. The summed E-state index contributed by atoms with van der Waals surface area (Å²) in [5.41, 5.74) is 4.60. The normalized spacial score (nSPS) is 18.3. The summed E-state index contributed by atoms with van der Waals surface area (Å²) in [5.74, 6) is -2.40. The topological polar surface area (TPSA) is 87.7 Å². The van der Waals surface area contributed by atoms with Gasteiger partial charge in [0, 0.05) is 11.6 Å². The highest BCUT2D eigenvalue weighted by Gasteiger charge is 2.38. The summed E-state index contributed by atoms with van der Waals surface area (Å²) >= 11 is 0. The van der Waals surface area contributed by atoms with Crippen molar-refractivity contribution >= 4 is 11.7 Å². The van der Waals surface area contributed by atoms with Crippen molar-refractivity contribution in [1.29, 1.82) is 0 Å². The van der Waals surface area contributed by atoms with Crippen LogP contribution in [0.4, 0.5) is 8.78 Å². The maximum Gasteiger partial charge on any atom is 0.252 e. The molecule has 1 aromatic rings. The van der Waals surface area contributed by atoms with E-state index in [1.165, 1.54) is 0 Å². The number of amidine groups is 1. The Labute approximate surface area is 120 Å². The first-order valence-corrected chi connectivity index (χ1v) is 6.73. The molecule has 21 heavy (non-hydrogen) atoms. The van der Waals surface area contributed by atoms with Crippen LogP contribution in [0.1, 0.15) is 42.5 Å². The zero-order chi connectivity index (χ0) is 15.5. The van der Waals surface area contributed by atoms with E-state index in [2.05, 4.69) is 10.5 Å². The van der Waals surface area contributed by atoms with Crippen molar-refractivity contribution in [3.8, 4) is 0 Å². The number of benzene rings is 1. The van der Waals surface area contributed by atoms with Gasteiger partial charge in [-0.2, -0.15) is 0 Å². The Bertz CT molecular complexity index is 549. The second kappa shape index (κ2) is 6.07. The largest absolute Gasteiger partial charge is 0.409 e. The first kappa shape index (κ1) is 15.2.